The van der Waals surface area contributed by atoms with Gasteiger partial charge in [-0.2, -0.15) is 17.4 Å². The van der Waals surface area contributed by atoms with Crippen molar-refractivity contribution in [2.45, 2.75) is 32.7 Å². The van der Waals surface area contributed by atoms with Gasteiger partial charge in [0.15, 0.2) is 0 Å². The van der Waals surface area contributed by atoms with E-state index in [-0.39, 0.29) is 18.4 Å². The SMILES string of the molecule is CC1CCN(S(=O)(=O)N[C@@H](C)CN)CC1.Cl. The maximum Gasteiger partial charge on any atom is 0.279 e. The summed E-state index contributed by atoms with van der Waals surface area (Å²) in [5.74, 6) is 0.628. The predicted octanol–water partition coefficient (Wildman–Crippen LogP) is 0.322. The van der Waals surface area contributed by atoms with Gasteiger partial charge in [-0.15, -0.1) is 12.4 Å². The van der Waals surface area contributed by atoms with Crippen molar-refractivity contribution >= 4 is 22.6 Å². The Hall–Kier alpha value is 0.120. The summed E-state index contributed by atoms with van der Waals surface area (Å²) in [5.41, 5.74) is 5.39. The van der Waals surface area contributed by atoms with Crippen LogP contribution in [0.5, 0.6) is 0 Å². The molecule has 0 radical (unpaired) electrons. The summed E-state index contributed by atoms with van der Waals surface area (Å²) < 4.78 is 27.7. The van der Waals surface area contributed by atoms with Gasteiger partial charge < -0.3 is 5.73 Å². The average Bonchev–Trinajstić information content (AvgIpc) is 2.17. The van der Waals surface area contributed by atoms with Crippen LogP contribution in [0.2, 0.25) is 0 Å². The summed E-state index contributed by atoms with van der Waals surface area (Å²) in [6.07, 6.45) is 1.88. The van der Waals surface area contributed by atoms with Crippen molar-refractivity contribution in [3.63, 3.8) is 0 Å². The highest BCUT2D eigenvalue weighted by molar-refractivity contribution is 7.87. The lowest BCUT2D eigenvalue weighted by atomic mass is 10.0. The van der Waals surface area contributed by atoms with Gasteiger partial charge in [-0.05, 0) is 25.7 Å². The third kappa shape index (κ3) is 4.55. The molecule has 0 spiro atoms. The monoisotopic (exact) mass is 271 g/mol. The van der Waals surface area contributed by atoms with Crippen LogP contribution >= 0.6 is 12.4 Å². The molecule has 3 N–H and O–H groups in total. The van der Waals surface area contributed by atoms with Crippen LogP contribution in [0.25, 0.3) is 0 Å². The molecule has 1 aliphatic rings. The minimum absolute atomic E-state index is 0. The maximum atomic E-state index is 11.8. The molecule has 0 unspecified atom stereocenters. The highest BCUT2D eigenvalue weighted by atomic mass is 35.5. The molecule has 0 aliphatic carbocycles. The van der Waals surface area contributed by atoms with E-state index in [0.29, 0.717) is 25.6 Å². The molecule has 1 rings (SSSR count). The quantitative estimate of drug-likeness (QED) is 0.773. The number of nitrogens with zero attached hydrogens (tertiary/aromatic N) is 1. The smallest absolute Gasteiger partial charge is 0.279 e. The summed E-state index contributed by atoms with van der Waals surface area (Å²) in [7, 11) is -3.31. The van der Waals surface area contributed by atoms with Crippen LogP contribution in [-0.2, 0) is 10.2 Å². The van der Waals surface area contributed by atoms with Crippen LogP contribution in [0.15, 0.2) is 0 Å². The molecule has 1 saturated heterocycles. The lowest BCUT2D eigenvalue weighted by Gasteiger charge is -2.30. The van der Waals surface area contributed by atoms with Gasteiger partial charge in [0.1, 0.15) is 0 Å². The molecule has 7 heteroatoms. The first kappa shape index (κ1) is 16.1. The Balaban J connectivity index is 0.00000225. The van der Waals surface area contributed by atoms with Crippen LogP contribution in [0, 0.1) is 5.92 Å². The van der Waals surface area contributed by atoms with Crippen molar-refractivity contribution in [3.05, 3.63) is 0 Å². The second kappa shape index (κ2) is 6.76. The lowest BCUT2D eigenvalue weighted by molar-refractivity contribution is 0.284. The van der Waals surface area contributed by atoms with E-state index >= 15 is 0 Å². The molecule has 1 heterocycles. The number of hydrogen-bond acceptors (Lipinski definition) is 3. The highest BCUT2D eigenvalue weighted by Gasteiger charge is 2.26. The summed E-state index contributed by atoms with van der Waals surface area (Å²) in [6.45, 7) is 5.48. The highest BCUT2D eigenvalue weighted by Crippen LogP contribution is 2.17. The number of nitrogens with two attached hydrogens (primary N) is 1. The fourth-order valence-electron chi connectivity index (χ4n) is 1.60. The Morgan fingerprint density at radius 3 is 2.38 bits per heavy atom. The maximum absolute atomic E-state index is 11.8. The van der Waals surface area contributed by atoms with E-state index in [1.165, 1.54) is 4.31 Å². The first-order chi connectivity index (χ1) is 6.95. The van der Waals surface area contributed by atoms with E-state index < -0.39 is 10.2 Å². The van der Waals surface area contributed by atoms with Crippen LogP contribution in [0.1, 0.15) is 26.7 Å². The third-order valence-electron chi connectivity index (χ3n) is 2.79. The van der Waals surface area contributed by atoms with Gasteiger partial charge in [0, 0.05) is 25.7 Å². The molecule has 16 heavy (non-hydrogen) atoms. The number of piperidine rings is 1. The molecular weight excluding hydrogens is 250 g/mol. The van der Waals surface area contributed by atoms with Gasteiger partial charge in [0.05, 0.1) is 0 Å². The summed E-state index contributed by atoms with van der Waals surface area (Å²) >= 11 is 0. The van der Waals surface area contributed by atoms with Gasteiger partial charge in [-0.25, -0.2) is 0 Å². The second-order valence-corrected chi connectivity index (χ2v) is 6.04. The molecule has 5 nitrogen and oxygen atoms in total. The molecule has 0 aromatic heterocycles. The van der Waals surface area contributed by atoms with E-state index in [9.17, 15) is 8.42 Å². The summed E-state index contributed by atoms with van der Waals surface area (Å²) in [4.78, 5) is 0. The molecule has 1 atom stereocenters. The first-order valence-electron chi connectivity index (χ1n) is 5.43. The minimum atomic E-state index is -3.31. The number of rotatable bonds is 4. The van der Waals surface area contributed by atoms with E-state index in [1.54, 1.807) is 6.92 Å². The lowest BCUT2D eigenvalue weighted by Crippen LogP contribution is -2.49. The Labute approximate surface area is 104 Å². The largest absolute Gasteiger partial charge is 0.329 e. The Morgan fingerprint density at radius 1 is 1.44 bits per heavy atom. The van der Waals surface area contributed by atoms with Crippen molar-refractivity contribution in [2.24, 2.45) is 11.7 Å². The van der Waals surface area contributed by atoms with Crippen molar-refractivity contribution < 1.29 is 8.42 Å². The second-order valence-electron chi connectivity index (χ2n) is 4.34. The molecule has 98 valence electrons. The normalized spacial score (nSPS) is 21.4. The van der Waals surface area contributed by atoms with Crippen LogP contribution in [0.4, 0.5) is 0 Å². The van der Waals surface area contributed by atoms with Crippen molar-refractivity contribution in [1.29, 1.82) is 0 Å². The average molecular weight is 272 g/mol. The zero-order chi connectivity index (χ0) is 11.5. The van der Waals surface area contributed by atoms with Gasteiger partial charge in [-0.3, -0.25) is 0 Å². The molecule has 1 aliphatic heterocycles. The van der Waals surface area contributed by atoms with E-state index in [2.05, 4.69) is 11.6 Å². The van der Waals surface area contributed by atoms with Gasteiger partial charge >= 0.3 is 0 Å². The molecule has 0 aromatic carbocycles. The molecule has 0 aromatic rings. The summed E-state index contributed by atoms with van der Waals surface area (Å²) in [6, 6.07) is -0.200. The zero-order valence-electron chi connectivity index (χ0n) is 9.85. The van der Waals surface area contributed by atoms with Gasteiger partial charge in [0.25, 0.3) is 10.2 Å². The summed E-state index contributed by atoms with van der Waals surface area (Å²) in [5, 5.41) is 0. The van der Waals surface area contributed by atoms with Gasteiger partial charge in [-0.1, -0.05) is 6.92 Å². The third-order valence-corrected chi connectivity index (χ3v) is 4.53. The zero-order valence-corrected chi connectivity index (χ0v) is 11.5. The molecule has 0 amide bonds. The fourth-order valence-corrected chi connectivity index (χ4v) is 3.05. The first-order valence-corrected chi connectivity index (χ1v) is 6.87. The van der Waals surface area contributed by atoms with Crippen LogP contribution < -0.4 is 10.5 Å². The minimum Gasteiger partial charge on any atom is -0.329 e. The van der Waals surface area contributed by atoms with E-state index in [0.717, 1.165) is 12.8 Å². The molecular formula is C9H22ClN3O2S. The molecule has 0 bridgehead atoms. The Kier molecular flexibility index (Phi) is 6.81. The number of nitrogens with one attached hydrogen (secondary N) is 1. The van der Waals surface area contributed by atoms with E-state index in [4.69, 9.17) is 5.73 Å². The van der Waals surface area contributed by atoms with E-state index in [1.807, 2.05) is 0 Å². The van der Waals surface area contributed by atoms with Crippen molar-refractivity contribution in [2.75, 3.05) is 19.6 Å². The van der Waals surface area contributed by atoms with Gasteiger partial charge in [0.2, 0.25) is 0 Å². The van der Waals surface area contributed by atoms with Crippen LogP contribution in [-0.4, -0.2) is 38.4 Å². The predicted molar refractivity (Wildman–Crippen MR) is 67.8 cm³/mol. The fraction of sp³-hybridized carbons (Fsp3) is 1.00. The van der Waals surface area contributed by atoms with Crippen molar-refractivity contribution in [1.82, 2.24) is 9.03 Å². The number of halogens is 1. The van der Waals surface area contributed by atoms with Crippen molar-refractivity contribution in [3.8, 4) is 0 Å². The molecule has 1 fully saturated rings. The Morgan fingerprint density at radius 2 is 1.94 bits per heavy atom. The topological polar surface area (TPSA) is 75.4 Å². The Bertz CT molecular complexity index is 289. The molecule has 0 saturated carbocycles. The standard InChI is InChI=1S/C9H21N3O2S.ClH/c1-8-3-5-12(6-4-8)15(13,14)11-9(2)7-10;/h8-9,11H,3-7,10H2,1-2H3;1H/t9-;/m0./s1. The van der Waals surface area contributed by atoms with Crippen LogP contribution in [0.3, 0.4) is 0 Å². The number of hydrogen-bond donors (Lipinski definition) is 2.